The molecular weight excluding hydrogens is 504 g/mol. The Morgan fingerprint density at radius 1 is 1.13 bits per heavy atom. The number of likely N-dealkylation sites (tertiary alicyclic amines) is 2. The number of nitrogens with zero attached hydrogens (tertiary/aromatic N) is 3. The molecule has 3 heterocycles. The highest BCUT2D eigenvalue weighted by Gasteiger charge is 2.32. The Balaban J connectivity index is 1.47. The number of esters is 1. The van der Waals surface area contributed by atoms with E-state index in [0.29, 0.717) is 56.4 Å². The maximum atomic E-state index is 13.2. The Labute approximate surface area is 230 Å². The van der Waals surface area contributed by atoms with Crippen molar-refractivity contribution in [1.82, 2.24) is 20.3 Å². The molecule has 0 saturated carbocycles. The average Bonchev–Trinajstić information content (AvgIpc) is 3.32. The molecule has 0 aromatic carbocycles. The quantitative estimate of drug-likeness (QED) is 0.462. The number of rotatable bonds is 9. The fraction of sp³-hybridized carbons (Fsp3) is 0.750. The van der Waals surface area contributed by atoms with E-state index in [9.17, 15) is 19.2 Å². The first-order chi connectivity index (χ1) is 18.4. The summed E-state index contributed by atoms with van der Waals surface area (Å²) in [5.74, 6) is -0.190. The van der Waals surface area contributed by atoms with Crippen LogP contribution in [0.25, 0.3) is 0 Å². The Bertz CT molecular complexity index is 994. The van der Waals surface area contributed by atoms with E-state index in [4.69, 9.17) is 14.0 Å². The molecule has 2 atom stereocenters. The average molecular weight is 549 g/mol. The Morgan fingerprint density at radius 3 is 2.46 bits per heavy atom. The van der Waals surface area contributed by atoms with Crippen molar-refractivity contribution in [3.8, 4) is 0 Å². The van der Waals surface area contributed by atoms with Crippen molar-refractivity contribution in [3.05, 3.63) is 17.5 Å². The van der Waals surface area contributed by atoms with Gasteiger partial charge < -0.3 is 29.1 Å². The minimum Gasteiger partial charge on any atom is -0.466 e. The summed E-state index contributed by atoms with van der Waals surface area (Å²) in [7, 11) is 0. The minimum absolute atomic E-state index is 0.0519. The van der Waals surface area contributed by atoms with Crippen LogP contribution in [0.1, 0.15) is 90.1 Å². The lowest BCUT2D eigenvalue weighted by atomic mass is 9.91. The molecule has 2 fully saturated rings. The van der Waals surface area contributed by atoms with Gasteiger partial charge >= 0.3 is 12.1 Å². The van der Waals surface area contributed by atoms with Crippen LogP contribution in [0.2, 0.25) is 0 Å². The molecule has 39 heavy (non-hydrogen) atoms. The first kappa shape index (κ1) is 30.4. The Kier molecular flexibility index (Phi) is 10.8. The molecule has 2 saturated heterocycles. The number of carbonyl (C=O) groups excluding carboxylic acids is 4. The van der Waals surface area contributed by atoms with Crippen LogP contribution in [0.5, 0.6) is 0 Å². The number of hydrogen-bond acceptors (Lipinski definition) is 8. The standard InChI is InChI=1S/C28H44N4O7/c1-6-37-25(34)17-22(23-16-19(2)30-39-23)29-26(35)21-8-7-13-32(18-21)24(33)10-9-20-11-14-31(15-12-20)27(36)38-28(3,4)5/h16,20-22H,6-15,17-18H2,1-5H3,(H,29,35)/t21-,22?/m1/s1. The zero-order chi connectivity index (χ0) is 28.6. The summed E-state index contributed by atoms with van der Waals surface area (Å²) in [6, 6.07) is 1.01. The van der Waals surface area contributed by atoms with E-state index in [1.807, 2.05) is 20.8 Å². The van der Waals surface area contributed by atoms with E-state index in [1.165, 1.54) is 0 Å². The van der Waals surface area contributed by atoms with Crippen molar-refractivity contribution < 1.29 is 33.2 Å². The third-order valence-corrected chi connectivity index (χ3v) is 7.16. The minimum atomic E-state index is -0.685. The third-order valence-electron chi connectivity index (χ3n) is 7.16. The topological polar surface area (TPSA) is 131 Å². The summed E-state index contributed by atoms with van der Waals surface area (Å²) in [6.07, 6.45) is 3.95. The number of carbonyl (C=O) groups is 4. The van der Waals surface area contributed by atoms with Crippen molar-refractivity contribution in [3.63, 3.8) is 0 Å². The summed E-state index contributed by atoms with van der Waals surface area (Å²) in [4.78, 5) is 54.1. The van der Waals surface area contributed by atoms with Gasteiger partial charge in [-0.1, -0.05) is 5.16 Å². The predicted molar refractivity (Wildman–Crippen MR) is 142 cm³/mol. The van der Waals surface area contributed by atoms with Gasteiger partial charge in [0.1, 0.15) is 11.6 Å². The number of ether oxygens (including phenoxy) is 2. The smallest absolute Gasteiger partial charge is 0.410 e. The highest BCUT2D eigenvalue weighted by molar-refractivity contribution is 5.82. The van der Waals surface area contributed by atoms with Gasteiger partial charge in [-0.05, 0) is 72.6 Å². The summed E-state index contributed by atoms with van der Waals surface area (Å²) in [5.41, 5.74) is 0.137. The largest absolute Gasteiger partial charge is 0.466 e. The van der Waals surface area contributed by atoms with Gasteiger partial charge in [0, 0.05) is 38.7 Å². The molecule has 3 amide bonds. The van der Waals surface area contributed by atoms with Gasteiger partial charge in [0.15, 0.2) is 5.76 Å². The van der Waals surface area contributed by atoms with Crippen LogP contribution >= 0.6 is 0 Å². The molecule has 2 aliphatic rings. The monoisotopic (exact) mass is 548 g/mol. The lowest BCUT2D eigenvalue weighted by Gasteiger charge is -2.35. The number of hydrogen-bond donors (Lipinski definition) is 1. The lowest BCUT2D eigenvalue weighted by Crippen LogP contribution is -2.46. The second-order valence-electron chi connectivity index (χ2n) is 11.6. The first-order valence-corrected chi connectivity index (χ1v) is 14.1. The van der Waals surface area contributed by atoms with E-state index < -0.39 is 17.6 Å². The normalized spacial score (nSPS) is 19.4. The van der Waals surface area contributed by atoms with E-state index in [0.717, 1.165) is 25.7 Å². The molecule has 1 unspecified atom stereocenters. The van der Waals surface area contributed by atoms with Crippen LogP contribution in [0.3, 0.4) is 0 Å². The Morgan fingerprint density at radius 2 is 1.85 bits per heavy atom. The van der Waals surface area contributed by atoms with Gasteiger partial charge in [-0.15, -0.1) is 0 Å². The number of piperidine rings is 2. The zero-order valence-corrected chi connectivity index (χ0v) is 24.0. The molecule has 3 rings (SSSR count). The SMILES string of the molecule is CCOC(=O)CC(NC(=O)[C@@H]1CCCN(C(=O)CCC2CCN(C(=O)OC(C)(C)C)CC2)C1)c1cc(C)no1. The summed E-state index contributed by atoms with van der Waals surface area (Å²) >= 11 is 0. The van der Waals surface area contributed by atoms with Crippen molar-refractivity contribution >= 4 is 23.9 Å². The van der Waals surface area contributed by atoms with Crippen LogP contribution < -0.4 is 5.32 Å². The van der Waals surface area contributed by atoms with Crippen LogP contribution in [-0.4, -0.2) is 77.2 Å². The molecule has 11 heteroatoms. The van der Waals surface area contributed by atoms with Crippen LogP contribution in [0.4, 0.5) is 4.79 Å². The van der Waals surface area contributed by atoms with E-state index in [1.54, 1.807) is 29.7 Å². The van der Waals surface area contributed by atoms with Crippen molar-refractivity contribution in [2.45, 2.75) is 91.2 Å². The van der Waals surface area contributed by atoms with Crippen molar-refractivity contribution in [1.29, 1.82) is 0 Å². The lowest BCUT2D eigenvalue weighted by molar-refractivity contribution is -0.144. The molecule has 1 aromatic rings. The van der Waals surface area contributed by atoms with Gasteiger partial charge in [0.2, 0.25) is 11.8 Å². The number of nitrogens with one attached hydrogen (secondary N) is 1. The van der Waals surface area contributed by atoms with Crippen LogP contribution in [0, 0.1) is 18.8 Å². The van der Waals surface area contributed by atoms with E-state index >= 15 is 0 Å². The van der Waals surface area contributed by atoms with Gasteiger partial charge in [0.05, 0.1) is 24.6 Å². The second kappa shape index (κ2) is 13.8. The van der Waals surface area contributed by atoms with Gasteiger partial charge in [-0.3, -0.25) is 14.4 Å². The first-order valence-electron chi connectivity index (χ1n) is 14.1. The summed E-state index contributed by atoms with van der Waals surface area (Å²) < 4.78 is 15.8. The molecule has 0 bridgehead atoms. The Hall–Kier alpha value is -3.11. The number of aryl methyl sites for hydroxylation is 1. The fourth-order valence-electron chi connectivity index (χ4n) is 5.08. The molecule has 218 valence electrons. The zero-order valence-electron chi connectivity index (χ0n) is 24.0. The highest BCUT2D eigenvalue weighted by atomic mass is 16.6. The van der Waals surface area contributed by atoms with Gasteiger partial charge in [-0.2, -0.15) is 0 Å². The molecule has 1 N–H and O–H groups in total. The molecule has 1 aromatic heterocycles. The number of aromatic nitrogens is 1. The molecule has 11 nitrogen and oxygen atoms in total. The molecule has 0 spiro atoms. The maximum absolute atomic E-state index is 13.2. The van der Waals surface area contributed by atoms with Crippen LogP contribution in [0.15, 0.2) is 10.6 Å². The van der Waals surface area contributed by atoms with Crippen LogP contribution in [-0.2, 0) is 23.9 Å². The van der Waals surface area contributed by atoms with Gasteiger partial charge in [0.25, 0.3) is 0 Å². The fourth-order valence-corrected chi connectivity index (χ4v) is 5.08. The van der Waals surface area contributed by atoms with Gasteiger partial charge in [-0.25, -0.2) is 4.79 Å². The third kappa shape index (κ3) is 9.54. The summed E-state index contributed by atoms with van der Waals surface area (Å²) in [5, 5.41) is 6.80. The van der Waals surface area contributed by atoms with Crippen molar-refractivity contribution in [2.75, 3.05) is 32.8 Å². The maximum Gasteiger partial charge on any atom is 0.410 e. The van der Waals surface area contributed by atoms with E-state index in [-0.39, 0.29) is 36.9 Å². The molecule has 2 aliphatic heterocycles. The second-order valence-corrected chi connectivity index (χ2v) is 11.6. The van der Waals surface area contributed by atoms with Crippen molar-refractivity contribution in [2.24, 2.45) is 11.8 Å². The highest BCUT2D eigenvalue weighted by Crippen LogP contribution is 2.26. The van der Waals surface area contributed by atoms with E-state index in [2.05, 4.69) is 10.5 Å². The molecular formula is C28H44N4O7. The molecule has 0 radical (unpaired) electrons. The summed E-state index contributed by atoms with van der Waals surface area (Å²) in [6.45, 7) is 11.6. The molecule has 0 aliphatic carbocycles. The number of amides is 3. The predicted octanol–water partition coefficient (Wildman–Crippen LogP) is 3.76.